The van der Waals surface area contributed by atoms with E-state index in [1.165, 1.54) is 14.2 Å². The number of aromatic nitrogens is 1. The van der Waals surface area contributed by atoms with Crippen molar-refractivity contribution in [3.05, 3.63) is 34.7 Å². The summed E-state index contributed by atoms with van der Waals surface area (Å²) < 4.78 is 18.7. The van der Waals surface area contributed by atoms with Crippen molar-refractivity contribution in [3.63, 3.8) is 0 Å². The average Bonchev–Trinajstić information content (AvgIpc) is 2.98. The summed E-state index contributed by atoms with van der Waals surface area (Å²) in [5.74, 6) is -0.565. The monoisotopic (exact) mass is 307 g/mol. The van der Waals surface area contributed by atoms with E-state index < -0.39 is 11.9 Å². The van der Waals surface area contributed by atoms with E-state index in [-0.39, 0.29) is 10.4 Å². The quantitative estimate of drug-likeness (QED) is 0.807. The van der Waals surface area contributed by atoms with Crippen molar-refractivity contribution in [2.75, 3.05) is 21.3 Å². The number of hydrogen-bond donors (Lipinski definition) is 0. The van der Waals surface area contributed by atoms with Gasteiger partial charge in [-0.05, 0) is 35.8 Å². The lowest BCUT2D eigenvalue weighted by atomic mass is 10.1. The van der Waals surface area contributed by atoms with Crippen molar-refractivity contribution in [2.45, 2.75) is 0 Å². The summed E-state index contributed by atoms with van der Waals surface area (Å²) in [4.78, 5) is 23.8. The molecule has 1 aromatic carbocycles. The summed E-state index contributed by atoms with van der Waals surface area (Å²) in [6.45, 7) is 0. The Balaban J connectivity index is 2.54. The van der Waals surface area contributed by atoms with Gasteiger partial charge in [-0.2, -0.15) is 4.37 Å². The third kappa shape index (κ3) is 2.87. The molecule has 1 aromatic heterocycles. The molecule has 0 spiro atoms. The molecule has 0 saturated heterocycles. The van der Waals surface area contributed by atoms with Gasteiger partial charge in [-0.25, -0.2) is 9.59 Å². The van der Waals surface area contributed by atoms with Crippen molar-refractivity contribution in [1.29, 1.82) is 0 Å². The van der Waals surface area contributed by atoms with Gasteiger partial charge in [0.2, 0.25) is 0 Å². The second kappa shape index (κ2) is 6.36. The van der Waals surface area contributed by atoms with Crippen LogP contribution in [0, 0.1) is 0 Å². The fourth-order valence-electron chi connectivity index (χ4n) is 1.76. The third-order valence-corrected chi connectivity index (χ3v) is 3.64. The number of carbonyl (C=O) groups excluding carboxylic acids is 2. The molecule has 0 bridgehead atoms. The van der Waals surface area contributed by atoms with Crippen LogP contribution in [0.3, 0.4) is 0 Å². The first-order valence-electron chi connectivity index (χ1n) is 5.93. The van der Waals surface area contributed by atoms with E-state index >= 15 is 0 Å². The molecule has 0 saturated carbocycles. The minimum Gasteiger partial charge on any atom is -0.497 e. The van der Waals surface area contributed by atoms with Crippen molar-refractivity contribution < 1.29 is 23.8 Å². The highest BCUT2D eigenvalue weighted by molar-refractivity contribution is 7.08. The van der Waals surface area contributed by atoms with Crippen molar-refractivity contribution in [2.24, 2.45) is 0 Å². The molecule has 21 heavy (non-hydrogen) atoms. The number of rotatable bonds is 4. The summed E-state index contributed by atoms with van der Waals surface area (Å²) in [6.07, 6.45) is 0. The molecule has 2 rings (SSSR count). The molecule has 0 atom stereocenters. The van der Waals surface area contributed by atoms with Crippen LogP contribution in [0.5, 0.6) is 5.75 Å². The van der Waals surface area contributed by atoms with E-state index in [0.29, 0.717) is 17.0 Å². The van der Waals surface area contributed by atoms with Gasteiger partial charge in [-0.3, -0.25) is 0 Å². The van der Waals surface area contributed by atoms with Gasteiger partial charge < -0.3 is 14.2 Å². The lowest BCUT2D eigenvalue weighted by Gasteiger charge is -2.04. The Kier molecular flexibility index (Phi) is 4.54. The van der Waals surface area contributed by atoms with Crippen LogP contribution in [0.25, 0.3) is 11.3 Å². The van der Waals surface area contributed by atoms with E-state index in [1.54, 1.807) is 31.4 Å². The topological polar surface area (TPSA) is 74.7 Å². The molecule has 7 heteroatoms. The van der Waals surface area contributed by atoms with Crippen LogP contribution in [0.2, 0.25) is 0 Å². The summed E-state index contributed by atoms with van der Waals surface area (Å²) in [5, 5.41) is 0. The highest BCUT2D eigenvalue weighted by Gasteiger charge is 2.27. The molecule has 0 aliphatic rings. The zero-order valence-corrected chi connectivity index (χ0v) is 12.5. The molecule has 0 aliphatic heterocycles. The molecule has 0 radical (unpaired) electrons. The third-order valence-electron chi connectivity index (χ3n) is 2.82. The van der Waals surface area contributed by atoms with Gasteiger partial charge in [0.25, 0.3) is 0 Å². The molecule has 0 amide bonds. The Morgan fingerprint density at radius 2 is 1.62 bits per heavy atom. The number of nitrogens with zero attached hydrogens (tertiary/aromatic N) is 1. The second-order valence-electron chi connectivity index (χ2n) is 3.95. The van der Waals surface area contributed by atoms with Crippen molar-refractivity contribution in [3.8, 4) is 17.0 Å². The van der Waals surface area contributed by atoms with Crippen LogP contribution in [-0.4, -0.2) is 37.6 Å². The molecule has 6 nitrogen and oxygen atoms in total. The minimum atomic E-state index is -0.630. The summed E-state index contributed by atoms with van der Waals surface area (Å²) in [6, 6.07) is 6.99. The van der Waals surface area contributed by atoms with E-state index in [1.807, 2.05) is 0 Å². The SMILES string of the molecule is COC(=O)c1snc(-c2ccc(OC)cc2)c1C(=O)OC. The Bertz CT molecular complexity index is 663. The van der Waals surface area contributed by atoms with Crippen molar-refractivity contribution in [1.82, 2.24) is 4.37 Å². The Labute approximate surface area is 125 Å². The molecule has 0 unspecified atom stereocenters. The maximum atomic E-state index is 11.9. The Hall–Kier alpha value is -2.41. The van der Waals surface area contributed by atoms with Crippen LogP contribution < -0.4 is 4.74 Å². The number of methoxy groups -OCH3 is 3. The van der Waals surface area contributed by atoms with Gasteiger partial charge in [0.1, 0.15) is 16.2 Å². The lowest BCUT2D eigenvalue weighted by molar-refractivity contribution is 0.0560. The predicted molar refractivity (Wildman–Crippen MR) is 76.8 cm³/mol. The first-order valence-corrected chi connectivity index (χ1v) is 6.70. The first-order chi connectivity index (χ1) is 10.1. The molecule has 110 valence electrons. The molecular weight excluding hydrogens is 294 g/mol. The fourth-order valence-corrected chi connectivity index (χ4v) is 2.57. The zero-order valence-electron chi connectivity index (χ0n) is 11.7. The smallest absolute Gasteiger partial charge is 0.350 e. The van der Waals surface area contributed by atoms with Gasteiger partial charge >= 0.3 is 11.9 Å². The van der Waals surface area contributed by atoms with E-state index in [2.05, 4.69) is 9.11 Å². The molecule has 0 aliphatic carbocycles. The first kappa shape index (κ1) is 15.0. The van der Waals surface area contributed by atoms with Gasteiger partial charge in [0.05, 0.1) is 27.0 Å². The zero-order chi connectivity index (χ0) is 15.4. The molecule has 0 fully saturated rings. The summed E-state index contributed by atoms with van der Waals surface area (Å²) in [7, 11) is 4.06. The maximum absolute atomic E-state index is 11.9. The van der Waals surface area contributed by atoms with Gasteiger partial charge in [0.15, 0.2) is 0 Å². The van der Waals surface area contributed by atoms with Gasteiger partial charge in [0, 0.05) is 5.56 Å². The van der Waals surface area contributed by atoms with E-state index in [4.69, 9.17) is 9.47 Å². The second-order valence-corrected chi connectivity index (χ2v) is 4.72. The van der Waals surface area contributed by atoms with Crippen LogP contribution >= 0.6 is 11.5 Å². The molecular formula is C14H13NO5S. The minimum absolute atomic E-state index is 0.111. The van der Waals surface area contributed by atoms with Gasteiger partial charge in [-0.15, -0.1) is 0 Å². The van der Waals surface area contributed by atoms with Crippen LogP contribution in [0.1, 0.15) is 20.0 Å². The van der Waals surface area contributed by atoms with Crippen molar-refractivity contribution >= 4 is 23.5 Å². The van der Waals surface area contributed by atoms with Crippen LogP contribution in [0.15, 0.2) is 24.3 Å². The molecule has 2 aromatic rings. The fraction of sp³-hybridized carbons (Fsp3) is 0.214. The molecule has 0 N–H and O–H groups in total. The number of benzene rings is 1. The Morgan fingerprint density at radius 1 is 1.00 bits per heavy atom. The average molecular weight is 307 g/mol. The Morgan fingerprint density at radius 3 is 2.14 bits per heavy atom. The van der Waals surface area contributed by atoms with E-state index in [9.17, 15) is 9.59 Å². The lowest BCUT2D eigenvalue weighted by Crippen LogP contribution is -2.09. The standard InChI is InChI=1S/C14H13NO5S/c1-18-9-6-4-8(5-7-9)11-10(13(16)19-2)12(21-15-11)14(17)20-3/h4-7H,1-3H3. The summed E-state index contributed by atoms with van der Waals surface area (Å²) in [5.41, 5.74) is 1.18. The molecule has 1 heterocycles. The largest absolute Gasteiger partial charge is 0.497 e. The maximum Gasteiger partial charge on any atom is 0.350 e. The highest BCUT2D eigenvalue weighted by atomic mass is 32.1. The van der Waals surface area contributed by atoms with Crippen LogP contribution in [-0.2, 0) is 9.47 Å². The van der Waals surface area contributed by atoms with Gasteiger partial charge in [-0.1, -0.05) is 0 Å². The summed E-state index contributed by atoms with van der Waals surface area (Å²) >= 11 is 0.901. The van der Waals surface area contributed by atoms with E-state index in [0.717, 1.165) is 11.5 Å². The van der Waals surface area contributed by atoms with Crippen LogP contribution in [0.4, 0.5) is 0 Å². The number of carbonyl (C=O) groups is 2. The highest BCUT2D eigenvalue weighted by Crippen LogP contribution is 2.30. The normalized spacial score (nSPS) is 10.0. The predicted octanol–water partition coefficient (Wildman–Crippen LogP) is 2.39. The number of hydrogen-bond acceptors (Lipinski definition) is 7. The number of esters is 2. The number of ether oxygens (including phenoxy) is 3.